The van der Waals surface area contributed by atoms with Gasteiger partial charge in [0.05, 0.1) is 6.26 Å². The van der Waals surface area contributed by atoms with Crippen LogP contribution in [0.2, 0.25) is 0 Å². The molecule has 1 aliphatic rings. The van der Waals surface area contributed by atoms with E-state index in [4.69, 9.17) is 4.42 Å². The Balaban J connectivity index is 1.46. The van der Waals surface area contributed by atoms with Crippen molar-refractivity contribution >= 4 is 11.8 Å². The smallest absolute Gasteiger partial charge is 0.290 e. The fourth-order valence-electron chi connectivity index (χ4n) is 4.93. The molecule has 2 aromatic carbocycles. The Hall–Kier alpha value is -4.26. The van der Waals surface area contributed by atoms with E-state index in [2.05, 4.69) is 16.4 Å². The summed E-state index contributed by atoms with van der Waals surface area (Å²) in [7, 11) is 0. The molecule has 0 aliphatic heterocycles. The number of rotatable bonds is 10. The molecule has 7 heteroatoms. The standard InChI is InChI=1S/C31H30FN3O3/c32-26-12-3-7-22(19-26)15-17-34-30(36)29(24-11-5-16-33-20-24)35(31(37)28-14-6-18-38-28)21-25-8-1-2-13-27(25)23-9-4-10-23/h1-3,5-8,11-14,16,18-20,23,29H,4,9-10,15,17,21H2,(H,34,36). The van der Waals surface area contributed by atoms with Gasteiger partial charge >= 0.3 is 0 Å². The Morgan fingerprint density at radius 1 is 1.05 bits per heavy atom. The molecule has 0 radical (unpaired) electrons. The van der Waals surface area contributed by atoms with E-state index in [1.54, 1.807) is 47.6 Å². The van der Waals surface area contributed by atoms with Crippen molar-refractivity contribution in [2.75, 3.05) is 6.54 Å². The van der Waals surface area contributed by atoms with E-state index in [1.165, 1.54) is 30.4 Å². The SMILES string of the molecule is O=C(NCCc1cccc(F)c1)C(c1cccnc1)N(Cc1ccccc1C1CCC1)C(=O)c1ccco1. The summed E-state index contributed by atoms with van der Waals surface area (Å²) in [5.74, 6) is -0.415. The van der Waals surface area contributed by atoms with Crippen LogP contribution in [0.4, 0.5) is 4.39 Å². The highest BCUT2D eigenvalue weighted by molar-refractivity contribution is 5.96. The molecule has 1 unspecified atom stereocenters. The Bertz CT molecular complexity index is 1370. The summed E-state index contributed by atoms with van der Waals surface area (Å²) in [6.07, 6.45) is 8.58. The van der Waals surface area contributed by atoms with E-state index in [-0.39, 0.29) is 29.9 Å². The van der Waals surface area contributed by atoms with E-state index >= 15 is 0 Å². The number of furan rings is 1. The number of nitrogens with one attached hydrogen (secondary N) is 1. The third kappa shape index (κ3) is 5.83. The molecule has 1 N–H and O–H groups in total. The lowest BCUT2D eigenvalue weighted by Gasteiger charge is -2.33. The van der Waals surface area contributed by atoms with Gasteiger partial charge < -0.3 is 14.6 Å². The predicted molar refractivity (Wildman–Crippen MR) is 142 cm³/mol. The number of benzene rings is 2. The zero-order valence-electron chi connectivity index (χ0n) is 21.1. The fourth-order valence-corrected chi connectivity index (χ4v) is 4.93. The van der Waals surface area contributed by atoms with Crippen LogP contribution < -0.4 is 5.32 Å². The number of carbonyl (C=O) groups is 2. The molecule has 6 nitrogen and oxygen atoms in total. The van der Waals surface area contributed by atoms with Gasteiger partial charge in [0.25, 0.3) is 5.91 Å². The summed E-state index contributed by atoms with van der Waals surface area (Å²) >= 11 is 0. The second kappa shape index (κ2) is 11.9. The highest BCUT2D eigenvalue weighted by Gasteiger charge is 2.34. The first-order valence-corrected chi connectivity index (χ1v) is 12.9. The summed E-state index contributed by atoms with van der Waals surface area (Å²) < 4.78 is 19.1. The van der Waals surface area contributed by atoms with E-state index in [0.717, 1.165) is 24.0 Å². The van der Waals surface area contributed by atoms with Crippen LogP contribution in [0, 0.1) is 5.82 Å². The maximum absolute atomic E-state index is 13.8. The lowest BCUT2D eigenvalue weighted by atomic mass is 9.78. The third-order valence-electron chi connectivity index (χ3n) is 7.10. The molecule has 1 saturated carbocycles. The molecular weight excluding hydrogens is 481 g/mol. The van der Waals surface area contributed by atoms with Crippen molar-refractivity contribution in [1.29, 1.82) is 0 Å². The summed E-state index contributed by atoms with van der Waals surface area (Å²) in [6.45, 7) is 0.531. The summed E-state index contributed by atoms with van der Waals surface area (Å²) in [5, 5.41) is 2.96. The van der Waals surface area contributed by atoms with E-state index < -0.39 is 6.04 Å². The Morgan fingerprint density at radius 3 is 2.63 bits per heavy atom. The molecule has 2 heterocycles. The van der Waals surface area contributed by atoms with Crippen molar-refractivity contribution in [3.8, 4) is 0 Å². The number of nitrogens with zero attached hydrogens (tertiary/aromatic N) is 2. The van der Waals surface area contributed by atoms with Crippen LogP contribution in [0.15, 0.2) is 95.9 Å². The molecule has 1 aliphatic carbocycles. The summed E-state index contributed by atoms with van der Waals surface area (Å²) in [4.78, 5) is 33.4. The molecule has 194 valence electrons. The van der Waals surface area contributed by atoms with Gasteiger partial charge in [-0.3, -0.25) is 14.6 Å². The monoisotopic (exact) mass is 511 g/mol. The molecular formula is C31H30FN3O3. The Labute approximate surface area is 221 Å². The van der Waals surface area contributed by atoms with Crippen LogP contribution in [-0.4, -0.2) is 28.2 Å². The average molecular weight is 512 g/mol. The largest absolute Gasteiger partial charge is 0.459 e. The van der Waals surface area contributed by atoms with Crippen LogP contribution in [0.3, 0.4) is 0 Å². The van der Waals surface area contributed by atoms with Crippen molar-refractivity contribution in [2.45, 2.75) is 44.2 Å². The summed E-state index contributed by atoms with van der Waals surface area (Å²) in [6, 6.07) is 20.3. The molecule has 1 atom stereocenters. The minimum Gasteiger partial charge on any atom is -0.459 e. The maximum atomic E-state index is 13.8. The molecule has 0 saturated heterocycles. The predicted octanol–water partition coefficient (Wildman–Crippen LogP) is 5.82. The molecule has 4 aromatic rings. The van der Waals surface area contributed by atoms with Crippen molar-refractivity contribution in [3.63, 3.8) is 0 Å². The molecule has 2 amide bonds. The van der Waals surface area contributed by atoms with Crippen molar-refractivity contribution in [1.82, 2.24) is 15.2 Å². The number of carbonyl (C=O) groups excluding carboxylic acids is 2. The van der Waals surface area contributed by atoms with Crippen LogP contribution in [0.25, 0.3) is 0 Å². The molecule has 1 fully saturated rings. The van der Waals surface area contributed by atoms with Gasteiger partial charge in [-0.15, -0.1) is 0 Å². The van der Waals surface area contributed by atoms with Crippen molar-refractivity contribution < 1.29 is 18.4 Å². The highest BCUT2D eigenvalue weighted by Crippen LogP contribution is 2.39. The Kier molecular flexibility index (Phi) is 7.92. The van der Waals surface area contributed by atoms with Gasteiger partial charge in [0, 0.05) is 31.0 Å². The van der Waals surface area contributed by atoms with E-state index in [0.29, 0.717) is 24.4 Å². The molecule has 5 rings (SSSR count). The van der Waals surface area contributed by atoms with E-state index in [1.807, 2.05) is 24.3 Å². The number of amides is 2. The van der Waals surface area contributed by atoms with E-state index in [9.17, 15) is 14.0 Å². The second-order valence-electron chi connectivity index (χ2n) is 9.60. The van der Waals surface area contributed by atoms with Crippen molar-refractivity contribution in [3.05, 3.63) is 125 Å². The maximum Gasteiger partial charge on any atom is 0.290 e. The lowest BCUT2D eigenvalue weighted by molar-refractivity contribution is -0.126. The van der Waals surface area contributed by atoms with Crippen LogP contribution in [0.5, 0.6) is 0 Å². The third-order valence-corrected chi connectivity index (χ3v) is 7.10. The average Bonchev–Trinajstić information content (AvgIpc) is 3.44. The molecule has 2 aromatic heterocycles. The second-order valence-corrected chi connectivity index (χ2v) is 9.60. The first-order valence-electron chi connectivity index (χ1n) is 12.9. The zero-order chi connectivity index (χ0) is 26.3. The number of hydrogen-bond donors (Lipinski definition) is 1. The van der Waals surface area contributed by atoms with Crippen molar-refractivity contribution in [2.24, 2.45) is 0 Å². The first-order chi connectivity index (χ1) is 18.6. The van der Waals surface area contributed by atoms with Crippen LogP contribution in [-0.2, 0) is 17.8 Å². The van der Waals surface area contributed by atoms with Gasteiger partial charge in [-0.1, -0.05) is 48.9 Å². The normalized spacial score (nSPS) is 13.9. The van der Waals surface area contributed by atoms with Gasteiger partial charge in [-0.05, 0) is 72.2 Å². The minimum absolute atomic E-state index is 0.160. The van der Waals surface area contributed by atoms with Gasteiger partial charge in [-0.2, -0.15) is 0 Å². The van der Waals surface area contributed by atoms with Gasteiger partial charge in [-0.25, -0.2) is 4.39 Å². The van der Waals surface area contributed by atoms with Gasteiger partial charge in [0.15, 0.2) is 5.76 Å². The molecule has 0 spiro atoms. The zero-order valence-corrected chi connectivity index (χ0v) is 21.1. The number of hydrogen-bond acceptors (Lipinski definition) is 4. The lowest BCUT2D eigenvalue weighted by Crippen LogP contribution is -2.44. The molecule has 38 heavy (non-hydrogen) atoms. The van der Waals surface area contributed by atoms with Crippen LogP contribution in [0.1, 0.15) is 64.0 Å². The topological polar surface area (TPSA) is 75.4 Å². The molecule has 0 bridgehead atoms. The Morgan fingerprint density at radius 2 is 1.92 bits per heavy atom. The minimum atomic E-state index is -0.941. The number of aromatic nitrogens is 1. The fraction of sp³-hybridized carbons (Fsp3) is 0.258. The van der Waals surface area contributed by atoms with Gasteiger partial charge in [0.1, 0.15) is 11.9 Å². The highest BCUT2D eigenvalue weighted by atomic mass is 19.1. The quantitative estimate of drug-likeness (QED) is 0.291. The van der Waals surface area contributed by atoms with Gasteiger partial charge in [0.2, 0.25) is 5.91 Å². The number of halogens is 1. The first kappa shape index (κ1) is 25.4. The number of pyridine rings is 1. The van der Waals surface area contributed by atoms with Crippen LogP contribution >= 0.6 is 0 Å². The summed E-state index contributed by atoms with van der Waals surface area (Å²) in [5.41, 5.74) is 3.60.